The number of rotatable bonds is 7. The summed E-state index contributed by atoms with van der Waals surface area (Å²) in [7, 11) is -3.47. The molecule has 1 saturated heterocycles. The molecular formula is C15H25ClN2O3S. The van der Waals surface area contributed by atoms with Gasteiger partial charge in [0.05, 0.1) is 11.5 Å². The highest BCUT2D eigenvalue weighted by atomic mass is 35.5. The molecule has 1 aliphatic heterocycles. The second-order valence-corrected chi connectivity index (χ2v) is 7.06. The highest BCUT2D eigenvalue weighted by Gasteiger charge is 2.32. The van der Waals surface area contributed by atoms with E-state index in [1.807, 2.05) is 13.8 Å². The summed E-state index contributed by atoms with van der Waals surface area (Å²) < 4.78 is 32.9. The van der Waals surface area contributed by atoms with Gasteiger partial charge in [0, 0.05) is 25.2 Å². The van der Waals surface area contributed by atoms with Crippen molar-refractivity contribution >= 4 is 22.4 Å². The Hall–Kier alpha value is -0.820. The molecule has 0 aliphatic carbocycles. The molecule has 1 aliphatic rings. The van der Waals surface area contributed by atoms with Gasteiger partial charge in [0.1, 0.15) is 5.75 Å². The second kappa shape index (κ2) is 8.72. The average molecular weight is 349 g/mol. The summed E-state index contributed by atoms with van der Waals surface area (Å²) >= 11 is 0. The Morgan fingerprint density at radius 2 is 2.14 bits per heavy atom. The zero-order valence-corrected chi connectivity index (χ0v) is 14.8. The van der Waals surface area contributed by atoms with Gasteiger partial charge in [-0.2, -0.15) is 4.31 Å². The molecule has 2 rings (SSSR count). The number of hydrogen-bond acceptors (Lipinski definition) is 4. The number of nitrogens with one attached hydrogen (secondary N) is 1. The molecule has 1 aromatic rings. The monoisotopic (exact) mass is 348 g/mol. The maximum Gasteiger partial charge on any atom is 0.243 e. The van der Waals surface area contributed by atoms with Crippen molar-refractivity contribution in [1.29, 1.82) is 0 Å². The molecule has 1 unspecified atom stereocenters. The van der Waals surface area contributed by atoms with Crippen molar-refractivity contribution < 1.29 is 13.2 Å². The molecule has 0 amide bonds. The number of benzene rings is 1. The van der Waals surface area contributed by atoms with Crippen LogP contribution in [0, 0.1) is 0 Å². The summed E-state index contributed by atoms with van der Waals surface area (Å²) in [6.07, 6.45) is 1.67. The number of ether oxygens (including phenoxy) is 1. The minimum absolute atomic E-state index is 0. The predicted molar refractivity (Wildman–Crippen MR) is 90.3 cm³/mol. The first-order chi connectivity index (χ1) is 10.1. The van der Waals surface area contributed by atoms with Gasteiger partial charge in [0.2, 0.25) is 10.0 Å². The van der Waals surface area contributed by atoms with Crippen LogP contribution in [0.25, 0.3) is 0 Å². The fourth-order valence-corrected chi connectivity index (χ4v) is 4.41. The van der Waals surface area contributed by atoms with Crippen LogP contribution in [-0.2, 0) is 10.0 Å². The van der Waals surface area contributed by atoms with Gasteiger partial charge in [-0.05, 0) is 38.4 Å². The molecule has 1 heterocycles. The van der Waals surface area contributed by atoms with Gasteiger partial charge in [-0.3, -0.25) is 0 Å². The molecule has 1 fully saturated rings. The van der Waals surface area contributed by atoms with Crippen molar-refractivity contribution in [3.05, 3.63) is 24.3 Å². The van der Waals surface area contributed by atoms with Gasteiger partial charge < -0.3 is 10.1 Å². The number of sulfonamides is 1. The van der Waals surface area contributed by atoms with Crippen LogP contribution in [0.5, 0.6) is 5.75 Å². The summed E-state index contributed by atoms with van der Waals surface area (Å²) in [5.74, 6) is 0.597. The Morgan fingerprint density at radius 3 is 2.73 bits per heavy atom. The Balaban J connectivity index is 0.00000242. The number of hydrogen-bond donors (Lipinski definition) is 1. The summed E-state index contributed by atoms with van der Waals surface area (Å²) in [6, 6.07) is 6.82. The molecule has 0 bridgehead atoms. The van der Waals surface area contributed by atoms with Crippen LogP contribution >= 0.6 is 12.4 Å². The Kier molecular flexibility index (Phi) is 7.62. The van der Waals surface area contributed by atoms with Crippen molar-refractivity contribution in [2.24, 2.45) is 0 Å². The Morgan fingerprint density at radius 1 is 1.36 bits per heavy atom. The van der Waals surface area contributed by atoms with Crippen LogP contribution in [0.2, 0.25) is 0 Å². The van der Waals surface area contributed by atoms with E-state index in [-0.39, 0.29) is 18.4 Å². The van der Waals surface area contributed by atoms with Crippen LogP contribution in [0.3, 0.4) is 0 Å². The van der Waals surface area contributed by atoms with Crippen molar-refractivity contribution in [3.8, 4) is 5.75 Å². The van der Waals surface area contributed by atoms with E-state index in [2.05, 4.69) is 5.32 Å². The molecule has 5 nitrogen and oxygen atoms in total. The molecule has 1 aromatic carbocycles. The van der Waals surface area contributed by atoms with Crippen molar-refractivity contribution in [1.82, 2.24) is 9.62 Å². The Bertz CT molecular complexity index is 560. The lowest BCUT2D eigenvalue weighted by atomic mass is 10.2. The van der Waals surface area contributed by atoms with E-state index in [1.54, 1.807) is 28.6 Å². The predicted octanol–water partition coefficient (Wildman–Crippen LogP) is 2.27. The van der Waals surface area contributed by atoms with E-state index < -0.39 is 10.0 Å². The molecule has 0 spiro atoms. The molecule has 0 radical (unpaired) electrons. The van der Waals surface area contributed by atoms with Crippen LogP contribution in [0.4, 0.5) is 0 Å². The summed E-state index contributed by atoms with van der Waals surface area (Å²) in [4.78, 5) is 0.314. The average Bonchev–Trinajstić information content (AvgIpc) is 2.99. The molecule has 126 valence electrons. The van der Waals surface area contributed by atoms with Gasteiger partial charge in [0.25, 0.3) is 0 Å². The fourth-order valence-electron chi connectivity index (χ4n) is 2.63. The minimum Gasteiger partial charge on any atom is -0.494 e. The topological polar surface area (TPSA) is 58.6 Å². The summed E-state index contributed by atoms with van der Waals surface area (Å²) in [6.45, 7) is 6.56. The summed E-state index contributed by atoms with van der Waals surface area (Å²) in [5, 5.41) is 3.24. The van der Waals surface area contributed by atoms with Crippen LogP contribution in [0.1, 0.15) is 26.7 Å². The van der Waals surface area contributed by atoms with E-state index >= 15 is 0 Å². The third-order valence-electron chi connectivity index (χ3n) is 3.61. The Labute approximate surface area is 139 Å². The van der Waals surface area contributed by atoms with Crippen LogP contribution < -0.4 is 10.1 Å². The highest BCUT2D eigenvalue weighted by molar-refractivity contribution is 7.89. The van der Waals surface area contributed by atoms with Gasteiger partial charge in [-0.25, -0.2) is 8.42 Å². The summed E-state index contributed by atoms with van der Waals surface area (Å²) in [5.41, 5.74) is 0. The number of halogens is 1. The third-order valence-corrected chi connectivity index (χ3v) is 5.56. The normalized spacial score (nSPS) is 18.2. The highest BCUT2D eigenvalue weighted by Crippen LogP contribution is 2.24. The van der Waals surface area contributed by atoms with E-state index in [1.165, 1.54) is 0 Å². The second-order valence-electron chi connectivity index (χ2n) is 5.17. The maximum atomic E-state index is 12.9. The van der Waals surface area contributed by atoms with E-state index in [4.69, 9.17) is 4.74 Å². The lowest BCUT2D eigenvalue weighted by Crippen LogP contribution is -2.41. The van der Waals surface area contributed by atoms with E-state index in [9.17, 15) is 8.42 Å². The molecule has 1 N–H and O–H groups in total. The van der Waals surface area contributed by atoms with Gasteiger partial charge >= 0.3 is 0 Å². The van der Waals surface area contributed by atoms with Crippen molar-refractivity contribution in [3.63, 3.8) is 0 Å². The molecule has 7 heteroatoms. The van der Waals surface area contributed by atoms with Gasteiger partial charge in [-0.1, -0.05) is 13.0 Å². The molecule has 22 heavy (non-hydrogen) atoms. The quantitative estimate of drug-likeness (QED) is 0.821. The van der Waals surface area contributed by atoms with Crippen LogP contribution in [0.15, 0.2) is 29.2 Å². The molecule has 0 saturated carbocycles. The first kappa shape index (κ1) is 19.2. The van der Waals surface area contributed by atoms with Gasteiger partial charge in [-0.15, -0.1) is 12.4 Å². The lowest BCUT2D eigenvalue weighted by molar-refractivity contribution is 0.331. The zero-order chi connectivity index (χ0) is 15.3. The maximum absolute atomic E-state index is 12.9. The molecule has 0 aromatic heterocycles. The first-order valence-electron chi connectivity index (χ1n) is 7.55. The van der Waals surface area contributed by atoms with Crippen molar-refractivity contribution in [2.45, 2.75) is 37.6 Å². The lowest BCUT2D eigenvalue weighted by Gasteiger charge is -2.27. The number of nitrogens with zero attached hydrogens (tertiary/aromatic N) is 1. The minimum atomic E-state index is -3.47. The van der Waals surface area contributed by atoms with Crippen molar-refractivity contribution in [2.75, 3.05) is 26.2 Å². The van der Waals surface area contributed by atoms with E-state index in [0.717, 1.165) is 25.9 Å². The smallest absolute Gasteiger partial charge is 0.243 e. The standard InChI is InChI=1S/C15H24N2O3S.ClH/c1-3-10-17(13-8-9-16-12-13)21(18,19)15-7-5-6-14(11-15)20-4-2;/h5-7,11,13,16H,3-4,8-10,12H2,1-2H3;1H. The largest absolute Gasteiger partial charge is 0.494 e. The van der Waals surface area contributed by atoms with Crippen LogP contribution in [-0.4, -0.2) is 45.0 Å². The van der Waals surface area contributed by atoms with E-state index in [0.29, 0.717) is 23.8 Å². The first-order valence-corrected chi connectivity index (χ1v) is 8.99. The SMILES string of the molecule is CCCN(C1CCNC1)S(=O)(=O)c1cccc(OCC)c1.Cl. The fraction of sp³-hybridized carbons (Fsp3) is 0.600. The third kappa shape index (κ3) is 4.35. The molecular weight excluding hydrogens is 324 g/mol. The zero-order valence-electron chi connectivity index (χ0n) is 13.1. The molecule has 1 atom stereocenters. The van der Waals surface area contributed by atoms with Gasteiger partial charge in [0.15, 0.2) is 0 Å².